The minimum absolute atomic E-state index is 0.189. The van der Waals surface area contributed by atoms with E-state index < -0.39 is 10.0 Å². The van der Waals surface area contributed by atoms with Crippen molar-refractivity contribution >= 4 is 15.9 Å². The zero-order chi connectivity index (χ0) is 14.6. The normalized spacial score (nSPS) is 15.6. The predicted octanol–water partition coefficient (Wildman–Crippen LogP) is 1.15. The lowest BCUT2D eigenvalue weighted by atomic mass is 10.1. The van der Waals surface area contributed by atoms with Gasteiger partial charge in [-0.3, -0.25) is 4.79 Å². The van der Waals surface area contributed by atoms with Gasteiger partial charge in [-0.2, -0.15) is 0 Å². The molecule has 2 rings (SSSR count). The molecule has 0 unspecified atom stereocenters. The molecular formula is C14H20N2O3S. The fourth-order valence-corrected chi connectivity index (χ4v) is 3.06. The molecule has 5 nitrogen and oxygen atoms in total. The van der Waals surface area contributed by atoms with Crippen LogP contribution in [0.25, 0.3) is 0 Å². The molecule has 6 heteroatoms. The van der Waals surface area contributed by atoms with Gasteiger partial charge in [-0.1, -0.05) is 12.1 Å². The Hall–Kier alpha value is -1.40. The first kappa shape index (κ1) is 15.0. The van der Waals surface area contributed by atoms with E-state index in [9.17, 15) is 13.2 Å². The van der Waals surface area contributed by atoms with Crippen molar-refractivity contribution in [2.24, 2.45) is 0 Å². The summed E-state index contributed by atoms with van der Waals surface area (Å²) >= 11 is 0. The van der Waals surface area contributed by atoms with Gasteiger partial charge >= 0.3 is 0 Å². The van der Waals surface area contributed by atoms with Crippen molar-refractivity contribution in [2.45, 2.75) is 30.6 Å². The fraction of sp³-hybridized carbons (Fsp3) is 0.500. The molecule has 1 N–H and O–H groups in total. The molecule has 110 valence electrons. The van der Waals surface area contributed by atoms with Crippen LogP contribution in [0.4, 0.5) is 0 Å². The first-order chi connectivity index (χ1) is 9.53. The third kappa shape index (κ3) is 3.58. The smallest absolute Gasteiger partial charge is 0.240 e. The molecule has 0 atom stereocenters. The van der Waals surface area contributed by atoms with E-state index in [0.717, 1.165) is 31.5 Å². The van der Waals surface area contributed by atoms with Gasteiger partial charge in [0, 0.05) is 19.5 Å². The van der Waals surface area contributed by atoms with E-state index >= 15 is 0 Å². The topological polar surface area (TPSA) is 66.5 Å². The van der Waals surface area contributed by atoms with Crippen LogP contribution in [0.3, 0.4) is 0 Å². The second-order valence-corrected chi connectivity index (χ2v) is 6.83. The average Bonchev–Trinajstić information content (AvgIpc) is 2.99. The summed E-state index contributed by atoms with van der Waals surface area (Å²) in [5.74, 6) is 0.189. The summed E-state index contributed by atoms with van der Waals surface area (Å²) in [7, 11) is -2.00. The van der Waals surface area contributed by atoms with Gasteiger partial charge in [0.05, 0.1) is 4.90 Å². The molecule has 1 aromatic carbocycles. The summed E-state index contributed by atoms with van der Waals surface area (Å²) in [4.78, 5) is 14.1. The van der Waals surface area contributed by atoms with Crippen LogP contribution in [0.5, 0.6) is 0 Å². The Labute approximate surface area is 120 Å². The van der Waals surface area contributed by atoms with Crippen LogP contribution in [0.1, 0.15) is 24.8 Å². The van der Waals surface area contributed by atoms with Crippen LogP contribution in [-0.4, -0.2) is 39.4 Å². The van der Waals surface area contributed by atoms with E-state index in [1.807, 2.05) is 4.90 Å². The van der Waals surface area contributed by atoms with Crippen molar-refractivity contribution in [3.63, 3.8) is 0 Å². The minimum atomic E-state index is -3.38. The summed E-state index contributed by atoms with van der Waals surface area (Å²) in [6.45, 7) is 1.75. The molecular weight excluding hydrogens is 276 g/mol. The van der Waals surface area contributed by atoms with Gasteiger partial charge in [0.1, 0.15) is 0 Å². The van der Waals surface area contributed by atoms with Crippen LogP contribution in [0.15, 0.2) is 29.2 Å². The van der Waals surface area contributed by atoms with Gasteiger partial charge < -0.3 is 4.90 Å². The lowest BCUT2D eigenvalue weighted by Crippen LogP contribution is -2.27. The summed E-state index contributed by atoms with van der Waals surface area (Å²) in [5.41, 5.74) is 0.979. The van der Waals surface area contributed by atoms with Gasteiger partial charge in [0.2, 0.25) is 15.9 Å². The van der Waals surface area contributed by atoms with E-state index in [4.69, 9.17) is 0 Å². The number of sulfonamides is 1. The lowest BCUT2D eigenvalue weighted by Gasteiger charge is -2.14. The molecule has 0 aliphatic carbocycles. The maximum absolute atomic E-state index is 11.9. The van der Waals surface area contributed by atoms with Gasteiger partial charge in [-0.15, -0.1) is 0 Å². The maximum atomic E-state index is 11.9. The third-order valence-corrected chi connectivity index (χ3v) is 5.02. The van der Waals surface area contributed by atoms with Gasteiger partial charge in [0.25, 0.3) is 0 Å². The molecule has 0 spiro atoms. The first-order valence-electron chi connectivity index (χ1n) is 6.83. The zero-order valence-electron chi connectivity index (χ0n) is 11.6. The molecule has 1 aliphatic heterocycles. The van der Waals surface area contributed by atoms with E-state index in [1.165, 1.54) is 7.05 Å². The Morgan fingerprint density at radius 3 is 2.35 bits per heavy atom. The number of carbonyl (C=O) groups is 1. The largest absolute Gasteiger partial charge is 0.343 e. The van der Waals surface area contributed by atoms with Crippen molar-refractivity contribution in [1.29, 1.82) is 0 Å². The van der Waals surface area contributed by atoms with E-state index in [2.05, 4.69) is 4.72 Å². The zero-order valence-corrected chi connectivity index (χ0v) is 12.4. The third-order valence-electron chi connectivity index (χ3n) is 3.59. The Morgan fingerprint density at radius 1 is 1.20 bits per heavy atom. The first-order valence-corrected chi connectivity index (χ1v) is 8.31. The van der Waals surface area contributed by atoms with Crippen molar-refractivity contribution in [2.75, 3.05) is 20.1 Å². The quantitative estimate of drug-likeness (QED) is 0.886. The molecule has 0 saturated carbocycles. The number of nitrogens with one attached hydrogen (secondary N) is 1. The summed E-state index contributed by atoms with van der Waals surface area (Å²) in [5, 5.41) is 0. The number of carbonyl (C=O) groups excluding carboxylic acids is 1. The molecule has 1 saturated heterocycles. The van der Waals surface area contributed by atoms with E-state index in [1.54, 1.807) is 24.3 Å². The Morgan fingerprint density at radius 2 is 1.80 bits per heavy atom. The van der Waals surface area contributed by atoms with Crippen LogP contribution in [0, 0.1) is 0 Å². The standard InChI is InChI=1S/C14H20N2O3S/c1-15-20(18,19)13-7-4-12(5-8-13)6-9-14(17)16-10-2-3-11-16/h4-5,7-8,15H,2-3,6,9-11H2,1H3. The number of benzene rings is 1. The molecule has 20 heavy (non-hydrogen) atoms. The van der Waals surface area contributed by atoms with Crippen molar-refractivity contribution < 1.29 is 13.2 Å². The van der Waals surface area contributed by atoms with Gasteiger partial charge in [-0.05, 0) is 44.0 Å². The fourth-order valence-electron chi connectivity index (χ4n) is 2.33. The molecule has 1 aliphatic rings. The SMILES string of the molecule is CNS(=O)(=O)c1ccc(CCC(=O)N2CCCC2)cc1. The highest BCUT2D eigenvalue weighted by Crippen LogP contribution is 2.14. The number of hydrogen-bond donors (Lipinski definition) is 1. The highest BCUT2D eigenvalue weighted by atomic mass is 32.2. The Kier molecular flexibility index (Phi) is 4.77. The number of rotatable bonds is 5. The minimum Gasteiger partial charge on any atom is -0.343 e. The summed E-state index contributed by atoms with van der Waals surface area (Å²) < 4.78 is 25.4. The van der Waals surface area contributed by atoms with Crippen LogP contribution in [-0.2, 0) is 21.2 Å². The molecule has 1 fully saturated rings. The Bertz CT molecular complexity index is 561. The van der Waals surface area contributed by atoms with Crippen LogP contribution in [0.2, 0.25) is 0 Å². The maximum Gasteiger partial charge on any atom is 0.240 e. The van der Waals surface area contributed by atoms with Crippen LogP contribution < -0.4 is 4.72 Å². The number of likely N-dealkylation sites (tertiary alicyclic amines) is 1. The van der Waals surface area contributed by atoms with Crippen molar-refractivity contribution in [1.82, 2.24) is 9.62 Å². The molecule has 0 aromatic heterocycles. The molecule has 1 aromatic rings. The molecule has 0 radical (unpaired) electrons. The second-order valence-electron chi connectivity index (χ2n) is 4.94. The second kappa shape index (κ2) is 6.37. The predicted molar refractivity (Wildman–Crippen MR) is 76.8 cm³/mol. The van der Waals surface area contributed by atoms with E-state index in [-0.39, 0.29) is 10.8 Å². The molecule has 0 bridgehead atoms. The van der Waals surface area contributed by atoms with Gasteiger partial charge in [-0.25, -0.2) is 13.1 Å². The summed E-state index contributed by atoms with van der Waals surface area (Å²) in [6.07, 6.45) is 3.33. The van der Waals surface area contributed by atoms with E-state index in [0.29, 0.717) is 12.8 Å². The lowest BCUT2D eigenvalue weighted by molar-refractivity contribution is -0.130. The molecule has 1 amide bonds. The van der Waals surface area contributed by atoms with Gasteiger partial charge in [0.15, 0.2) is 0 Å². The average molecular weight is 296 g/mol. The molecule has 1 heterocycles. The summed E-state index contributed by atoms with van der Waals surface area (Å²) in [6, 6.07) is 6.67. The van der Waals surface area contributed by atoms with Crippen molar-refractivity contribution in [3.05, 3.63) is 29.8 Å². The van der Waals surface area contributed by atoms with Crippen LogP contribution >= 0.6 is 0 Å². The number of nitrogens with zero attached hydrogens (tertiary/aromatic N) is 1. The van der Waals surface area contributed by atoms with Crippen molar-refractivity contribution in [3.8, 4) is 0 Å². The number of aryl methyl sites for hydroxylation is 1. The Balaban J connectivity index is 1.92. The highest BCUT2D eigenvalue weighted by molar-refractivity contribution is 7.89. The number of amides is 1. The number of hydrogen-bond acceptors (Lipinski definition) is 3. The monoisotopic (exact) mass is 296 g/mol. The highest BCUT2D eigenvalue weighted by Gasteiger charge is 2.17.